The lowest BCUT2D eigenvalue weighted by molar-refractivity contribution is -0.136. The summed E-state index contributed by atoms with van der Waals surface area (Å²) in [5, 5.41) is 13.3. The standard InChI is InChI=1S/C31H24N2O3/c34-29(35)17-21-13-15-22(16-14-21)19-32-25-10-6-9-24(18-25)30-26-11-4-5-12-28(26)33-20-27(30)31(36)23-7-2-1-3-8-23/h1-16,18,20,32H,17,19H2,(H,34,35). The van der Waals surface area contributed by atoms with Crippen molar-refractivity contribution in [1.82, 2.24) is 4.98 Å². The van der Waals surface area contributed by atoms with Gasteiger partial charge in [-0.25, -0.2) is 0 Å². The van der Waals surface area contributed by atoms with Gasteiger partial charge in [-0.15, -0.1) is 0 Å². The molecule has 2 N–H and O–H groups in total. The summed E-state index contributed by atoms with van der Waals surface area (Å²) >= 11 is 0. The van der Waals surface area contributed by atoms with E-state index in [0.29, 0.717) is 17.7 Å². The molecule has 0 radical (unpaired) electrons. The van der Waals surface area contributed by atoms with Crippen LogP contribution in [0.3, 0.4) is 0 Å². The van der Waals surface area contributed by atoms with Gasteiger partial charge in [-0.05, 0) is 34.9 Å². The maximum atomic E-state index is 13.5. The third kappa shape index (κ3) is 5.00. The van der Waals surface area contributed by atoms with Crippen LogP contribution >= 0.6 is 0 Å². The number of hydrogen-bond donors (Lipinski definition) is 2. The highest BCUT2D eigenvalue weighted by Crippen LogP contribution is 2.34. The van der Waals surface area contributed by atoms with Crippen molar-refractivity contribution in [2.24, 2.45) is 0 Å². The molecule has 0 unspecified atom stereocenters. The average Bonchev–Trinajstić information content (AvgIpc) is 2.92. The molecule has 5 heteroatoms. The highest BCUT2D eigenvalue weighted by molar-refractivity contribution is 6.16. The van der Waals surface area contributed by atoms with E-state index in [4.69, 9.17) is 5.11 Å². The number of benzene rings is 4. The Labute approximate surface area is 209 Å². The largest absolute Gasteiger partial charge is 0.481 e. The molecule has 0 atom stereocenters. The van der Waals surface area contributed by atoms with Crippen LogP contribution in [0.4, 0.5) is 5.69 Å². The first-order valence-corrected chi connectivity index (χ1v) is 11.7. The second kappa shape index (κ2) is 10.2. The zero-order valence-corrected chi connectivity index (χ0v) is 19.5. The monoisotopic (exact) mass is 472 g/mol. The Morgan fingerprint density at radius 2 is 1.50 bits per heavy atom. The van der Waals surface area contributed by atoms with Gasteiger partial charge in [-0.2, -0.15) is 0 Å². The molecule has 5 nitrogen and oxygen atoms in total. The van der Waals surface area contributed by atoms with Crippen molar-refractivity contribution < 1.29 is 14.7 Å². The fourth-order valence-electron chi connectivity index (χ4n) is 4.31. The van der Waals surface area contributed by atoms with Gasteiger partial charge in [0.05, 0.1) is 11.9 Å². The summed E-state index contributed by atoms with van der Waals surface area (Å²) in [6.45, 7) is 0.587. The number of hydrogen-bond acceptors (Lipinski definition) is 4. The van der Waals surface area contributed by atoms with Gasteiger partial charge in [0.2, 0.25) is 0 Å². The number of fused-ring (bicyclic) bond motifs is 1. The van der Waals surface area contributed by atoms with Crippen LogP contribution in [0.5, 0.6) is 0 Å². The van der Waals surface area contributed by atoms with E-state index >= 15 is 0 Å². The molecule has 0 saturated heterocycles. The van der Waals surface area contributed by atoms with Crippen molar-refractivity contribution in [1.29, 1.82) is 0 Å². The van der Waals surface area contributed by atoms with Gasteiger partial charge >= 0.3 is 5.97 Å². The summed E-state index contributed by atoms with van der Waals surface area (Å²) in [5.41, 5.74) is 6.53. The number of anilines is 1. The predicted octanol–water partition coefficient (Wildman–Crippen LogP) is 6.37. The number of aromatic nitrogens is 1. The molecule has 0 aliphatic heterocycles. The van der Waals surface area contributed by atoms with Gasteiger partial charge in [0.15, 0.2) is 5.78 Å². The lowest BCUT2D eigenvalue weighted by atomic mass is 9.92. The van der Waals surface area contributed by atoms with Crippen molar-refractivity contribution in [3.05, 3.63) is 132 Å². The molecule has 0 spiro atoms. The Balaban J connectivity index is 1.48. The molecule has 5 aromatic rings. The topological polar surface area (TPSA) is 79.3 Å². The first-order chi connectivity index (χ1) is 17.6. The molecular weight excluding hydrogens is 448 g/mol. The number of carboxylic acid groups (broad SMARTS) is 1. The van der Waals surface area contributed by atoms with Crippen molar-refractivity contribution >= 4 is 28.3 Å². The van der Waals surface area contributed by atoms with E-state index in [1.54, 1.807) is 6.20 Å². The summed E-state index contributed by atoms with van der Waals surface area (Å²) < 4.78 is 0. The van der Waals surface area contributed by atoms with Crippen LogP contribution < -0.4 is 5.32 Å². The SMILES string of the molecule is O=C(O)Cc1ccc(CNc2cccc(-c3c(C(=O)c4ccccc4)cnc4ccccc34)c2)cc1. The Morgan fingerprint density at radius 1 is 0.778 bits per heavy atom. The van der Waals surface area contributed by atoms with E-state index in [2.05, 4.69) is 10.3 Å². The summed E-state index contributed by atoms with van der Waals surface area (Å²) in [6, 6.07) is 32.7. The molecule has 1 heterocycles. The third-order valence-corrected chi connectivity index (χ3v) is 6.08. The number of rotatable bonds is 8. The van der Waals surface area contributed by atoms with E-state index in [1.807, 2.05) is 103 Å². The van der Waals surface area contributed by atoms with Gasteiger partial charge in [-0.1, -0.05) is 84.9 Å². The van der Waals surface area contributed by atoms with Crippen LogP contribution in [-0.4, -0.2) is 21.8 Å². The Hall–Kier alpha value is -4.77. The second-order valence-corrected chi connectivity index (χ2v) is 8.58. The van der Waals surface area contributed by atoms with Gasteiger partial charge in [0.25, 0.3) is 0 Å². The number of aliphatic carboxylic acids is 1. The van der Waals surface area contributed by atoms with Gasteiger partial charge in [0.1, 0.15) is 0 Å². The third-order valence-electron chi connectivity index (χ3n) is 6.08. The average molecular weight is 473 g/mol. The van der Waals surface area contributed by atoms with E-state index in [-0.39, 0.29) is 12.2 Å². The number of nitrogens with zero attached hydrogens (tertiary/aromatic N) is 1. The number of carbonyl (C=O) groups is 2. The Kier molecular flexibility index (Phi) is 6.54. The molecule has 4 aromatic carbocycles. The van der Waals surface area contributed by atoms with Crippen LogP contribution in [0.1, 0.15) is 27.0 Å². The zero-order chi connectivity index (χ0) is 24.9. The molecule has 5 rings (SSSR count). The molecule has 176 valence electrons. The van der Waals surface area contributed by atoms with Crippen molar-refractivity contribution in [2.75, 3.05) is 5.32 Å². The predicted molar refractivity (Wildman–Crippen MR) is 142 cm³/mol. The fraction of sp³-hybridized carbons (Fsp3) is 0.0645. The van der Waals surface area contributed by atoms with Gasteiger partial charge < -0.3 is 10.4 Å². The second-order valence-electron chi connectivity index (χ2n) is 8.58. The molecule has 0 amide bonds. The zero-order valence-electron chi connectivity index (χ0n) is 19.5. The summed E-state index contributed by atoms with van der Waals surface area (Å²) in [5.74, 6) is -0.907. The van der Waals surface area contributed by atoms with E-state index in [0.717, 1.165) is 38.8 Å². The summed E-state index contributed by atoms with van der Waals surface area (Å²) in [7, 11) is 0. The highest BCUT2D eigenvalue weighted by Gasteiger charge is 2.18. The van der Waals surface area contributed by atoms with Crippen LogP contribution in [0, 0.1) is 0 Å². The van der Waals surface area contributed by atoms with Gasteiger partial charge in [0, 0.05) is 40.5 Å². The number of nitrogens with one attached hydrogen (secondary N) is 1. The van der Waals surface area contributed by atoms with E-state index in [1.165, 1.54) is 0 Å². The molecule has 0 bridgehead atoms. The molecule has 0 aliphatic rings. The number of carboxylic acids is 1. The van der Waals surface area contributed by atoms with Crippen LogP contribution in [0.25, 0.3) is 22.0 Å². The molecule has 0 aliphatic carbocycles. The van der Waals surface area contributed by atoms with Crippen molar-refractivity contribution in [3.8, 4) is 11.1 Å². The van der Waals surface area contributed by atoms with Crippen LogP contribution in [0.15, 0.2) is 109 Å². The summed E-state index contributed by atoms with van der Waals surface area (Å²) in [4.78, 5) is 29.0. The smallest absolute Gasteiger partial charge is 0.307 e. The maximum absolute atomic E-state index is 13.5. The van der Waals surface area contributed by atoms with Crippen molar-refractivity contribution in [2.45, 2.75) is 13.0 Å². The highest BCUT2D eigenvalue weighted by atomic mass is 16.4. The minimum atomic E-state index is -0.841. The number of pyridine rings is 1. The normalized spacial score (nSPS) is 10.8. The molecule has 0 saturated carbocycles. The summed E-state index contributed by atoms with van der Waals surface area (Å²) in [6.07, 6.45) is 1.69. The van der Waals surface area contributed by atoms with E-state index in [9.17, 15) is 9.59 Å². The molecular formula is C31H24N2O3. The van der Waals surface area contributed by atoms with Crippen LogP contribution in [0.2, 0.25) is 0 Å². The van der Waals surface area contributed by atoms with Crippen LogP contribution in [-0.2, 0) is 17.8 Å². The first kappa shape index (κ1) is 23.0. The quantitative estimate of drug-likeness (QED) is 0.257. The fourth-order valence-corrected chi connectivity index (χ4v) is 4.31. The lowest BCUT2D eigenvalue weighted by Gasteiger charge is -2.14. The maximum Gasteiger partial charge on any atom is 0.307 e. The molecule has 1 aromatic heterocycles. The number of ketones is 1. The Bertz CT molecular complexity index is 1540. The van der Waals surface area contributed by atoms with Gasteiger partial charge in [-0.3, -0.25) is 14.6 Å². The molecule has 36 heavy (non-hydrogen) atoms. The van der Waals surface area contributed by atoms with Crippen molar-refractivity contribution in [3.63, 3.8) is 0 Å². The Morgan fingerprint density at radius 3 is 2.28 bits per heavy atom. The minimum absolute atomic E-state index is 0.0136. The first-order valence-electron chi connectivity index (χ1n) is 11.7. The number of carbonyl (C=O) groups excluding carboxylic acids is 1. The van der Waals surface area contributed by atoms with E-state index < -0.39 is 5.97 Å². The molecule has 0 fully saturated rings. The minimum Gasteiger partial charge on any atom is -0.481 e. The lowest BCUT2D eigenvalue weighted by Crippen LogP contribution is -2.05. The number of para-hydroxylation sites is 1.